The highest BCUT2D eigenvalue weighted by Crippen LogP contribution is 2.36. The van der Waals surface area contributed by atoms with E-state index in [1.54, 1.807) is 6.07 Å². The average molecular weight is 413 g/mol. The summed E-state index contributed by atoms with van der Waals surface area (Å²) in [6.07, 6.45) is 2.06. The van der Waals surface area contributed by atoms with Crippen molar-refractivity contribution in [1.82, 2.24) is 4.57 Å². The Hall–Kier alpha value is -2.23. The first kappa shape index (κ1) is 16.2. The summed E-state index contributed by atoms with van der Waals surface area (Å²) >= 11 is 9.59. The quantitative estimate of drug-likeness (QED) is 0.414. The summed E-state index contributed by atoms with van der Waals surface area (Å²) in [5, 5.41) is 12.3. The Balaban J connectivity index is 1.96. The van der Waals surface area contributed by atoms with E-state index in [1.165, 1.54) is 0 Å². The van der Waals surface area contributed by atoms with Gasteiger partial charge in [-0.2, -0.15) is 0 Å². The molecule has 1 unspecified atom stereocenters. The fraction of sp³-hybridized carbons (Fsp3) is 0.0476. The van der Waals surface area contributed by atoms with Gasteiger partial charge in [0.1, 0.15) is 5.75 Å². The molecule has 0 saturated heterocycles. The smallest absolute Gasteiger partial charge is 0.121 e. The third kappa shape index (κ3) is 3.06. The molecule has 0 spiro atoms. The zero-order chi connectivity index (χ0) is 17.4. The topological polar surface area (TPSA) is 25.2 Å². The second-order valence-electron chi connectivity index (χ2n) is 5.94. The molecule has 4 rings (SSSR count). The molecule has 1 atom stereocenters. The van der Waals surface area contributed by atoms with Crippen LogP contribution in [0, 0.1) is 0 Å². The molecule has 2 nitrogen and oxygen atoms in total. The van der Waals surface area contributed by atoms with E-state index in [0.717, 1.165) is 26.5 Å². The first-order valence-corrected chi connectivity index (χ1v) is 9.10. The van der Waals surface area contributed by atoms with E-state index < -0.39 is 0 Å². The minimum atomic E-state index is -0.142. The van der Waals surface area contributed by atoms with E-state index in [2.05, 4.69) is 44.9 Å². The Morgan fingerprint density at radius 2 is 1.68 bits per heavy atom. The van der Waals surface area contributed by atoms with Gasteiger partial charge in [-0.15, -0.1) is 0 Å². The van der Waals surface area contributed by atoms with E-state index in [1.807, 2.05) is 48.5 Å². The molecule has 4 heteroatoms. The van der Waals surface area contributed by atoms with Gasteiger partial charge < -0.3 is 9.67 Å². The van der Waals surface area contributed by atoms with Crippen LogP contribution in [0.15, 0.2) is 83.5 Å². The molecule has 0 saturated carbocycles. The van der Waals surface area contributed by atoms with Gasteiger partial charge in [-0.3, -0.25) is 0 Å². The van der Waals surface area contributed by atoms with Crippen LogP contribution in [0.4, 0.5) is 0 Å². The summed E-state index contributed by atoms with van der Waals surface area (Å²) in [5.74, 6) is 0.279. The van der Waals surface area contributed by atoms with Crippen LogP contribution < -0.4 is 0 Å². The van der Waals surface area contributed by atoms with Gasteiger partial charge in [0, 0.05) is 32.2 Å². The Kier molecular flexibility index (Phi) is 4.28. The number of hydrogen-bond acceptors (Lipinski definition) is 1. The molecule has 0 bridgehead atoms. The lowest BCUT2D eigenvalue weighted by atomic mass is 9.97. The fourth-order valence-corrected chi connectivity index (χ4v) is 3.72. The minimum Gasteiger partial charge on any atom is -0.508 e. The molecular weight excluding hydrogens is 398 g/mol. The van der Waals surface area contributed by atoms with E-state index >= 15 is 0 Å². The van der Waals surface area contributed by atoms with Crippen LogP contribution >= 0.6 is 27.5 Å². The third-order valence-electron chi connectivity index (χ3n) is 4.38. The zero-order valence-electron chi connectivity index (χ0n) is 13.2. The molecule has 4 aromatic rings. The molecule has 0 aliphatic heterocycles. The van der Waals surface area contributed by atoms with Crippen molar-refractivity contribution in [2.24, 2.45) is 0 Å². The van der Waals surface area contributed by atoms with Crippen LogP contribution in [0.25, 0.3) is 10.9 Å². The molecule has 124 valence electrons. The molecule has 1 heterocycles. The van der Waals surface area contributed by atoms with Crippen molar-refractivity contribution in [3.63, 3.8) is 0 Å². The monoisotopic (exact) mass is 411 g/mol. The van der Waals surface area contributed by atoms with E-state index in [4.69, 9.17) is 11.6 Å². The summed E-state index contributed by atoms with van der Waals surface area (Å²) in [6, 6.07) is 23.4. The Labute approximate surface area is 159 Å². The number of phenolic OH excluding ortho intramolecular Hbond substituents is 1. The van der Waals surface area contributed by atoms with Gasteiger partial charge in [0.15, 0.2) is 0 Å². The highest BCUT2D eigenvalue weighted by Gasteiger charge is 2.20. The lowest BCUT2D eigenvalue weighted by Crippen LogP contribution is -2.11. The number of rotatable bonds is 3. The highest BCUT2D eigenvalue weighted by atomic mass is 79.9. The molecule has 3 aromatic carbocycles. The van der Waals surface area contributed by atoms with Gasteiger partial charge in [-0.05, 0) is 48.0 Å². The predicted molar refractivity (Wildman–Crippen MR) is 106 cm³/mol. The molecule has 0 aliphatic carbocycles. The van der Waals surface area contributed by atoms with Crippen LogP contribution in [0.1, 0.15) is 17.2 Å². The standard InChI is InChI=1S/C21H15BrClNO/c22-16-7-10-19-15(13-16)11-12-24(19)21(14-5-8-17(23)9-6-14)18-3-1-2-4-20(18)25/h1-13,21,25H. The molecule has 0 aliphatic rings. The largest absolute Gasteiger partial charge is 0.508 e. The molecule has 1 N–H and O–H groups in total. The maximum absolute atomic E-state index is 10.5. The third-order valence-corrected chi connectivity index (χ3v) is 5.12. The summed E-state index contributed by atoms with van der Waals surface area (Å²) in [5.41, 5.74) is 3.02. The average Bonchev–Trinajstić information content (AvgIpc) is 3.01. The number of aromatic hydroxyl groups is 1. The molecule has 0 fully saturated rings. The van der Waals surface area contributed by atoms with Crippen LogP contribution in [-0.4, -0.2) is 9.67 Å². The minimum absolute atomic E-state index is 0.142. The van der Waals surface area contributed by atoms with Gasteiger partial charge in [-0.1, -0.05) is 57.9 Å². The normalized spacial score (nSPS) is 12.4. The number of halogens is 2. The lowest BCUT2D eigenvalue weighted by Gasteiger charge is -2.22. The van der Waals surface area contributed by atoms with Gasteiger partial charge in [-0.25, -0.2) is 0 Å². The van der Waals surface area contributed by atoms with Gasteiger partial charge >= 0.3 is 0 Å². The maximum Gasteiger partial charge on any atom is 0.121 e. The number of nitrogens with zero attached hydrogens (tertiary/aromatic N) is 1. The summed E-state index contributed by atoms with van der Waals surface area (Å²) in [4.78, 5) is 0. The highest BCUT2D eigenvalue weighted by molar-refractivity contribution is 9.10. The predicted octanol–water partition coefficient (Wildman–Crippen LogP) is 6.40. The van der Waals surface area contributed by atoms with Crippen molar-refractivity contribution in [1.29, 1.82) is 0 Å². The molecule has 0 amide bonds. The van der Waals surface area contributed by atoms with Crippen molar-refractivity contribution in [2.75, 3.05) is 0 Å². The Morgan fingerprint density at radius 3 is 2.44 bits per heavy atom. The number of benzene rings is 3. The van der Waals surface area contributed by atoms with Crippen LogP contribution in [0.3, 0.4) is 0 Å². The first-order valence-electron chi connectivity index (χ1n) is 7.93. The van der Waals surface area contributed by atoms with E-state index in [0.29, 0.717) is 5.02 Å². The summed E-state index contributed by atoms with van der Waals surface area (Å²) in [7, 11) is 0. The zero-order valence-corrected chi connectivity index (χ0v) is 15.6. The number of phenols is 1. The molecular formula is C21H15BrClNO. The summed E-state index contributed by atoms with van der Waals surface area (Å²) in [6.45, 7) is 0. The van der Waals surface area contributed by atoms with E-state index in [-0.39, 0.29) is 11.8 Å². The van der Waals surface area contributed by atoms with Crippen LogP contribution in [-0.2, 0) is 0 Å². The van der Waals surface area contributed by atoms with Crippen molar-refractivity contribution in [3.05, 3.63) is 99.6 Å². The van der Waals surface area contributed by atoms with Crippen LogP contribution in [0.2, 0.25) is 5.02 Å². The second kappa shape index (κ2) is 6.58. The summed E-state index contributed by atoms with van der Waals surface area (Å²) < 4.78 is 3.23. The van der Waals surface area contributed by atoms with Crippen molar-refractivity contribution in [3.8, 4) is 5.75 Å². The number of para-hydroxylation sites is 1. The van der Waals surface area contributed by atoms with Crippen molar-refractivity contribution < 1.29 is 5.11 Å². The molecule has 1 aromatic heterocycles. The van der Waals surface area contributed by atoms with Crippen LogP contribution in [0.5, 0.6) is 5.75 Å². The maximum atomic E-state index is 10.5. The van der Waals surface area contributed by atoms with Crippen molar-refractivity contribution in [2.45, 2.75) is 6.04 Å². The number of aromatic nitrogens is 1. The lowest BCUT2D eigenvalue weighted by molar-refractivity contribution is 0.461. The van der Waals surface area contributed by atoms with Gasteiger partial charge in [0.2, 0.25) is 0 Å². The van der Waals surface area contributed by atoms with Gasteiger partial charge in [0.05, 0.1) is 6.04 Å². The molecule has 25 heavy (non-hydrogen) atoms. The fourth-order valence-electron chi connectivity index (χ4n) is 3.21. The van der Waals surface area contributed by atoms with Gasteiger partial charge in [0.25, 0.3) is 0 Å². The molecule has 0 radical (unpaired) electrons. The van der Waals surface area contributed by atoms with Crippen molar-refractivity contribution >= 4 is 38.4 Å². The first-order chi connectivity index (χ1) is 12.1. The second-order valence-corrected chi connectivity index (χ2v) is 7.29. The Bertz CT molecular complexity index is 1040. The SMILES string of the molecule is Oc1ccccc1C(c1ccc(Cl)cc1)n1ccc2cc(Br)ccc21. The number of hydrogen-bond donors (Lipinski definition) is 1. The van der Waals surface area contributed by atoms with E-state index in [9.17, 15) is 5.11 Å². The Morgan fingerprint density at radius 1 is 0.920 bits per heavy atom. The number of fused-ring (bicyclic) bond motifs is 1.